The van der Waals surface area contributed by atoms with Crippen LogP contribution in [-0.2, 0) is 13.6 Å². The van der Waals surface area contributed by atoms with Gasteiger partial charge >= 0.3 is 19.0 Å². The van der Waals surface area contributed by atoms with Gasteiger partial charge in [0.05, 0.1) is 13.6 Å². The van der Waals surface area contributed by atoms with E-state index in [0.717, 1.165) is 0 Å². The van der Waals surface area contributed by atoms with Crippen LogP contribution in [0.2, 0.25) is 0 Å². The summed E-state index contributed by atoms with van der Waals surface area (Å²) in [6.07, 6.45) is 3.09. The zero-order chi connectivity index (χ0) is 19.2. The molecule has 1 heterocycles. The van der Waals surface area contributed by atoms with Crippen molar-refractivity contribution in [1.29, 1.82) is 0 Å². The van der Waals surface area contributed by atoms with E-state index in [4.69, 9.17) is 0 Å². The Labute approximate surface area is 135 Å². The van der Waals surface area contributed by atoms with Gasteiger partial charge in [0.15, 0.2) is 0 Å². The summed E-state index contributed by atoms with van der Waals surface area (Å²) >= 11 is 0. The third-order valence-corrected chi connectivity index (χ3v) is 3.44. The molecule has 2 nitrogen and oxygen atoms in total. The molecular weight excluding hydrogens is 347 g/mol. The first-order valence-corrected chi connectivity index (χ1v) is 7.41. The summed E-state index contributed by atoms with van der Waals surface area (Å²) in [6, 6.07) is 0. The van der Waals surface area contributed by atoms with E-state index in [1.54, 1.807) is 0 Å². The van der Waals surface area contributed by atoms with Crippen molar-refractivity contribution in [3.63, 3.8) is 0 Å². The molecule has 0 fully saturated rings. The van der Waals surface area contributed by atoms with Crippen LogP contribution in [0.25, 0.3) is 0 Å². The largest absolute Gasteiger partial charge is 0.558 e. The molecule has 0 saturated carbocycles. The highest BCUT2D eigenvalue weighted by molar-refractivity contribution is 6.61. The van der Waals surface area contributed by atoms with Crippen molar-refractivity contribution >= 4 is 6.98 Å². The maximum absolute atomic E-state index is 11.2. The van der Waals surface area contributed by atoms with Crippen LogP contribution in [0.3, 0.4) is 0 Å². The summed E-state index contributed by atoms with van der Waals surface area (Å²) in [5.74, 6) is -5.22. The molecule has 0 aliphatic carbocycles. The standard InChI is InChI=1S/C11H21N2.C2BF8/c1-4-5-6-7-8-13-10-9-12(3)11(13)2;4-1(5,2(6,7)8)3(9,10)11/h9-10H,4-8H2,1-3H3;/q+1;-1. The highest BCUT2D eigenvalue weighted by Gasteiger charge is 2.69. The van der Waals surface area contributed by atoms with Crippen molar-refractivity contribution in [1.82, 2.24) is 4.57 Å². The molecule has 0 bridgehead atoms. The molecule has 24 heavy (non-hydrogen) atoms. The summed E-state index contributed by atoms with van der Waals surface area (Å²) in [5, 5.41) is 0. The molecular formula is C13H21BF8N2. The first-order chi connectivity index (χ1) is 10.8. The zero-order valence-corrected chi connectivity index (χ0v) is 13.7. The second-order valence-corrected chi connectivity index (χ2v) is 5.41. The summed E-state index contributed by atoms with van der Waals surface area (Å²) in [6.45, 7) is -1.62. The van der Waals surface area contributed by atoms with Gasteiger partial charge in [-0.25, -0.2) is 17.9 Å². The molecule has 1 aromatic heterocycles. The smallest absolute Gasteiger partial charge is 0.445 e. The normalized spacial score (nSPS) is 12.8. The second-order valence-electron chi connectivity index (χ2n) is 5.41. The van der Waals surface area contributed by atoms with Crippen LogP contribution in [0.15, 0.2) is 12.4 Å². The summed E-state index contributed by atoms with van der Waals surface area (Å²) in [4.78, 5) is 0. The molecule has 0 unspecified atom stereocenters. The molecule has 0 N–H and O–H groups in total. The van der Waals surface area contributed by atoms with Crippen LogP contribution in [0.1, 0.15) is 38.4 Å². The molecule has 0 aliphatic rings. The molecule has 0 amide bonds. The number of halogens is 8. The van der Waals surface area contributed by atoms with Crippen LogP contribution >= 0.6 is 0 Å². The Hall–Kier alpha value is -1.29. The second kappa shape index (κ2) is 8.71. The molecule has 0 saturated heterocycles. The van der Waals surface area contributed by atoms with E-state index < -0.39 is 19.0 Å². The van der Waals surface area contributed by atoms with Crippen LogP contribution in [0.4, 0.5) is 34.9 Å². The van der Waals surface area contributed by atoms with E-state index in [-0.39, 0.29) is 0 Å². The molecule has 0 spiro atoms. The van der Waals surface area contributed by atoms with Gasteiger partial charge in [0.1, 0.15) is 12.4 Å². The molecule has 11 heteroatoms. The minimum atomic E-state index is -7.21. The van der Waals surface area contributed by atoms with E-state index in [0.29, 0.717) is 0 Å². The number of hydrogen-bond donors (Lipinski definition) is 0. The Morgan fingerprint density at radius 2 is 1.58 bits per heavy atom. The fraction of sp³-hybridized carbons (Fsp3) is 0.769. The molecule has 0 radical (unpaired) electrons. The quantitative estimate of drug-likeness (QED) is 0.296. The van der Waals surface area contributed by atoms with Gasteiger partial charge in [-0.15, -0.1) is 0 Å². The van der Waals surface area contributed by atoms with Gasteiger partial charge in [0.25, 0.3) is 5.82 Å². The van der Waals surface area contributed by atoms with Gasteiger partial charge in [-0.1, -0.05) is 19.8 Å². The lowest BCUT2D eigenvalue weighted by atomic mass is 9.80. The molecule has 0 aliphatic heterocycles. The Morgan fingerprint density at radius 1 is 1.04 bits per heavy atom. The molecule has 1 rings (SSSR count). The maximum atomic E-state index is 11.2. The van der Waals surface area contributed by atoms with E-state index in [2.05, 4.69) is 42.4 Å². The minimum Gasteiger partial charge on any atom is -0.445 e. The van der Waals surface area contributed by atoms with Gasteiger partial charge in [0, 0.05) is 6.92 Å². The predicted molar refractivity (Wildman–Crippen MR) is 74.6 cm³/mol. The maximum Gasteiger partial charge on any atom is 0.558 e. The Kier molecular flexibility index (Phi) is 8.24. The monoisotopic (exact) mass is 368 g/mol. The number of rotatable bonds is 6. The third kappa shape index (κ3) is 6.31. The zero-order valence-electron chi connectivity index (χ0n) is 13.7. The molecule has 0 atom stereocenters. The van der Waals surface area contributed by atoms with Crippen molar-refractivity contribution in [3.8, 4) is 0 Å². The van der Waals surface area contributed by atoms with Crippen molar-refractivity contribution in [3.05, 3.63) is 18.2 Å². The lowest BCUT2D eigenvalue weighted by Crippen LogP contribution is -2.53. The number of unbranched alkanes of at least 4 members (excludes halogenated alkanes) is 3. The van der Waals surface area contributed by atoms with Gasteiger partial charge in [0.2, 0.25) is 0 Å². The van der Waals surface area contributed by atoms with Crippen molar-refractivity contribution in [2.45, 2.75) is 58.1 Å². The molecule has 0 aromatic carbocycles. The van der Waals surface area contributed by atoms with E-state index in [9.17, 15) is 34.9 Å². The van der Waals surface area contributed by atoms with Crippen LogP contribution in [-0.4, -0.2) is 23.5 Å². The summed E-state index contributed by atoms with van der Waals surface area (Å²) < 4.78 is 92.3. The van der Waals surface area contributed by atoms with Gasteiger partial charge in [-0.3, -0.25) is 0 Å². The van der Waals surface area contributed by atoms with Gasteiger partial charge in [-0.05, 0) is 12.8 Å². The SMILES string of the molecule is CCCCCCn1cc[n+](C)c1C.F[B-](F)(F)C(F)(F)C(F)(F)F. The number of hydrogen-bond acceptors (Lipinski definition) is 0. The van der Waals surface area contributed by atoms with Crippen molar-refractivity contribution in [2.24, 2.45) is 7.05 Å². The first-order valence-electron chi connectivity index (χ1n) is 7.41. The average Bonchev–Trinajstić information content (AvgIpc) is 2.74. The van der Waals surface area contributed by atoms with Crippen molar-refractivity contribution < 1.29 is 39.5 Å². The van der Waals surface area contributed by atoms with Gasteiger partial charge in [-0.2, -0.15) is 13.2 Å². The van der Waals surface area contributed by atoms with Crippen LogP contribution in [0, 0.1) is 6.92 Å². The highest BCUT2D eigenvalue weighted by Crippen LogP contribution is 2.43. The fourth-order valence-electron chi connectivity index (χ4n) is 1.73. The summed E-state index contributed by atoms with van der Waals surface area (Å²) in [5.41, 5.74) is 0. The van der Waals surface area contributed by atoms with Crippen LogP contribution in [0.5, 0.6) is 0 Å². The highest BCUT2D eigenvalue weighted by atomic mass is 19.4. The number of imidazole rings is 1. The predicted octanol–water partition coefficient (Wildman–Crippen LogP) is 4.77. The Balaban J connectivity index is 0.000000449. The van der Waals surface area contributed by atoms with Crippen LogP contribution < -0.4 is 4.57 Å². The molecule has 142 valence electrons. The molecule has 1 aromatic rings. The van der Waals surface area contributed by atoms with E-state index in [1.807, 2.05) is 0 Å². The summed E-state index contributed by atoms with van der Waals surface area (Å²) in [7, 11) is 2.10. The lowest BCUT2D eigenvalue weighted by Gasteiger charge is -2.28. The third-order valence-electron chi connectivity index (χ3n) is 3.44. The Bertz CT molecular complexity index is 477. The number of nitrogens with zero attached hydrogens (tertiary/aromatic N) is 2. The van der Waals surface area contributed by atoms with E-state index in [1.165, 1.54) is 38.1 Å². The first kappa shape index (κ1) is 22.7. The van der Waals surface area contributed by atoms with Gasteiger partial charge < -0.3 is 12.9 Å². The number of aryl methyl sites for hydroxylation is 2. The van der Waals surface area contributed by atoms with E-state index >= 15 is 0 Å². The number of aromatic nitrogens is 2. The number of alkyl halides is 5. The fourth-order valence-corrected chi connectivity index (χ4v) is 1.73. The van der Waals surface area contributed by atoms with Crippen molar-refractivity contribution in [2.75, 3.05) is 0 Å². The average molecular weight is 368 g/mol. The topological polar surface area (TPSA) is 8.81 Å². The minimum absolute atomic E-state index is 1.17. The Morgan fingerprint density at radius 3 is 1.88 bits per heavy atom. The lowest BCUT2D eigenvalue weighted by molar-refractivity contribution is -0.677.